The summed E-state index contributed by atoms with van der Waals surface area (Å²) < 4.78 is 6.38. The van der Waals surface area contributed by atoms with Crippen LogP contribution in [0.15, 0.2) is 30.3 Å². The Bertz CT molecular complexity index is 356. The van der Waals surface area contributed by atoms with Crippen LogP contribution in [0, 0.1) is 5.92 Å². The van der Waals surface area contributed by atoms with Crippen LogP contribution in [0.3, 0.4) is 0 Å². The third-order valence-corrected chi connectivity index (χ3v) is 10.3. The van der Waals surface area contributed by atoms with Crippen molar-refractivity contribution in [3.63, 3.8) is 0 Å². The van der Waals surface area contributed by atoms with E-state index < -0.39 is 25.0 Å². The molecule has 1 aliphatic carbocycles. The molecule has 0 saturated heterocycles. The molecule has 17 heavy (non-hydrogen) atoms. The molecular formula is C14H18HgO2. The molecule has 0 spiro atoms. The molecule has 0 aliphatic heterocycles. The van der Waals surface area contributed by atoms with Crippen molar-refractivity contribution < 1.29 is 32.5 Å². The molecule has 1 fully saturated rings. The van der Waals surface area contributed by atoms with Crippen LogP contribution in [0.1, 0.15) is 43.0 Å². The van der Waals surface area contributed by atoms with Gasteiger partial charge in [-0.1, -0.05) is 0 Å². The van der Waals surface area contributed by atoms with E-state index in [1.54, 1.807) is 0 Å². The van der Waals surface area contributed by atoms with Crippen molar-refractivity contribution in [2.24, 2.45) is 5.92 Å². The summed E-state index contributed by atoms with van der Waals surface area (Å²) in [7, 11) is 0. The predicted molar refractivity (Wildman–Crippen MR) is 63.2 cm³/mol. The van der Waals surface area contributed by atoms with Crippen LogP contribution >= 0.6 is 0 Å². The Morgan fingerprint density at radius 3 is 2.47 bits per heavy atom. The molecular weight excluding hydrogens is 401 g/mol. The van der Waals surface area contributed by atoms with Gasteiger partial charge < -0.3 is 0 Å². The minimum atomic E-state index is -1.47. The summed E-state index contributed by atoms with van der Waals surface area (Å²) in [6, 6.07) is 9.35. The van der Waals surface area contributed by atoms with Crippen molar-refractivity contribution in [1.29, 1.82) is 0 Å². The van der Waals surface area contributed by atoms with Gasteiger partial charge in [0.25, 0.3) is 0 Å². The second kappa shape index (κ2) is 6.53. The summed E-state index contributed by atoms with van der Waals surface area (Å²) in [5.41, 5.74) is 0.705. The van der Waals surface area contributed by atoms with Gasteiger partial charge in [0.2, 0.25) is 0 Å². The minimum absolute atomic E-state index is 0.0918. The van der Waals surface area contributed by atoms with Crippen LogP contribution in [0.25, 0.3) is 0 Å². The fraction of sp³-hybridized carbons (Fsp3) is 0.500. The van der Waals surface area contributed by atoms with Gasteiger partial charge in [-0.25, -0.2) is 0 Å². The summed E-state index contributed by atoms with van der Waals surface area (Å²) in [6.07, 6.45) is 5.25. The van der Waals surface area contributed by atoms with Crippen LogP contribution in [0.2, 0.25) is 3.43 Å². The Morgan fingerprint density at radius 2 is 1.82 bits per heavy atom. The topological polar surface area (TPSA) is 26.3 Å². The molecule has 88 valence electrons. The number of rotatable bonds is 3. The number of hydrogen-bond acceptors (Lipinski definition) is 2. The van der Waals surface area contributed by atoms with Crippen molar-refractivity contribution >= 4 is 5.97 Å². The second-order valence-electron chi connectivity index (χ2n) is 5.09. The zero-order valence-corrected chi connectivity index (χ0v) is 15.9. The fourth-order valence-corrected chi connectivity index (χ4v) is 7.63. The maximum absolute atomic E-state index is 11.8. The Balaban J connectivity index is 1.77. The van der Waals surface area contributed by atoms with E-state index in [0.717, 1.165) is 9.34 Å². The van der Waals surface area contributed by atoms with E-state index >= 15 is 0 Å². The second-order valence-corrected chi connectivity index (χ2v) is 12.0. The van der Waals surface area contributed by atoms with E-state index in [-0.39, 0.29) is 5.97 Å². The normalized spacial score (nSPS) is 23.8. The first-order chi connectivity index (χ1) is 8.25. The molecule has 0 amide bonds. The van der Waals surface area contributed by atoms with Gasteiger partial charge in [0.1, 0.15) is 0 Å². The number of carbonyl (C=O) groups excluding carboxylic acids is 1. The molecule has 1 aromatic rings. The molecule has 0 heterocycles. The molecule has 0 bridgehead atoms. The van der Waals surface area contributed by atoms with Crippen LogP contribution in [0.5, 0.6) is 0 Å². The van der Waals surface area contributed by atoms with E-state index in [1.165, 1.54) is 25.7 Å². The first kappa shape index (κ1) is 13.1. The quantitative estimate of drug-likeness (QED) is 0.697. The molecule has 0 unspecified atom stereocenters. The summed E-state index contributed by atoms with van der Waals surface area (Å²) in [5.74, 6) is 0.787. The van der Waals surface area contributed by atoms with Gasteiger partial charge in [-0.2, -0.15) is 0 Å². The van der Waals surface area contributed by atoms with Crippen LogP contribution < -0.4 is 0 Å². The van der Waals surface area contributed by atoms with Gasteiger partial charge in [0, 0.05) is 0 Å². The molecule has 2 rings (SSSR count). The molecule has 3 heteroatoms. The predicted octanol–water partition coefficient (Wildman–Crippen LogP) is 3.84. The van der Waals surface area contributed by atoms with Gasteiger partial charge in [0.05, 0.1) is 0 Å². The van der Waals surface area contributed by atoms with E-state index in [4.69, 9.17) is 2.64 Å². The molecule has 1 aliphatic rings. The Kier molecular flexibility index (Phi) is 5.02. The molecule has 1 saturated carbocycles. The van der Waals surface area contributed by atoms with Crippen molar-refractivity contribution in [3.05, 3.63) is 35.9 Å². The van der Waals surface area contributed by atoms with Gasteiger partial charge >= 0.3 is 116 Å². The molecule has 0 N–H and O–H groups in total. The molecule has 0 aromatic heterocycles. The Morgan fingerprint density at radius 1 is 1.18 bits per heavy atom. The van der Waals surface area contributed by atoms with Crippen molar-refractivity contribution in [3.8, 4) is 0 Å². The Labute approximate surface area is 116 Å². The molecule has 1 aromatic carbocycles. The van der Waals surface area contributed by atoms with Gasteiger partial charge in [-0.15, -0.1) is 0 Å². The standard InChI is InChI=1S/C7H6O2.C7H13.Hg/c8-7(9)6-4-2-1-3-5-6;1-7-5-3-2-4-6-7;/h1-5H,(H,8,9);2,7H,3-6H2,1H3;/q;;+1/p-1. The average Bonchev–Trinajstić information content (AvgIpc) is 2.39. The fourth-order valence-electron chi connectivity index (χ4n) is 2.35. The summed E-state index contributed by atoms with van der Waals surface area (Å²) in [5, 5.41) is 0. The van der Waals surface area contributed by atoms with Crippen molar-refractivity contribution in [1.82, 2.24) is 0 Å². The maximum atomic E-state index is 11.8. The summed E-state index contributed by atoms with van der Waals surface area (Å²) in [6.45, 7) is 2.32. The van der Waals surface area contributed by atoms with Gasteiger partial charge in [-0.3, -0.25) is 0 Å². The van der Waals surface area contributed by atoms with E-state index in [1.807, 2.05) is 30.3 Å². The number of benzene rings is 1. The van der Waals surface area contributed by atoms with Crippen molar-refractivity contribution in [2.75, 3.05) is 0 Å². The van der Waals surface area contributed by atoms with E-state index in [0.29, 0.717) is 5.56 Å². The van der Waals surface area contributed by atoms with Gasteiger partial charge in [-0.05, 0) is 0 Å². The Hall–Kier alpha value is -0.375. The van der Waals surface area contributed by atoms with Crippen LogP contribution in [0.4, 0.5) is 0 Å². The molecule has 0 atom stereocenters. The average molecular weight is 419 g/mol. The monoisotopic (exact) mass is 420 g/mol. The third kappa shape index (κ3) is 4.09. The van der Waals surface area contributed by atoms with Crippen LogP contribution in [-0.2, 0) is 27.7 Å². The zero-order chi connectivity index (χ0) is 12.1. The molecule has 0 radical (unpaired) electrons. The zero-order valence-electron chi connectivity index (χ0n) is 10.4. The van der Waals surface area contributed by atoms with E-state index in [2.05, 4.69) is 6.92 Å². The third-order valence-electron chi connectivity index (χ3n) is 3.60. The summed E-state index contributed by atoms with van der Waals surface area (Å²) in [4.78, 5) is 11.8. The number of hydrogen-bond donors (Lipinski definition) is 0. The van der Waals surface area contributed by atoms with Gasteiger partial charge in [0.15, 0.2) is 0 Å². The first-order valence-corrected chi connectivity index (χ1v) is 11.9. The number of carbonyl (C=O) groups is 1. The first-order valence-electron chi connectivity index (χ1n) is 6.48. The van der Waals surface area contributed by atoms with Crippen molar-refractivity contribution in [2.45, 2.75) is 36.0 Å². The van der Waals surface area contributed by atoms with E-state index in [9.17, 15) is 4.79 Å². The summed E-state index contributed by atoms with van der Waals surface area (Å²) >= 11 is -1.47. The van der Waals surface area contributed by atoms with Crippen LogP contribution in [-0.4, -0.2) is 5.97 Å². The SMILES string of the molecule is CC1CC[CH]([Hg][O]C(=O)c2ccccc2)CC1. The molecule has 2 nitrogen and oxygen atoms in total.